The molecule has 0 fully saturated rings. The molecule has 3 heteroatoms. The van der Waals surface area contributed by atoms with Crippen LogP contribution in [0.2, 0.25) is 0 Å². The van der Waals surface area contributed by atoms with Crippen LogP contribution in [0.3, 0.4) is 0 Å². The largest absolute Gasteiger partial charge is 0.269 e. The van der Waals surface area contributed by atoms with Gasteiger partial charge in [-0.05, 0) is 78.0 Å². The maximum absolute atomic E-state index is 12.3. The fraction of sp³-hybridized carbons (Fsp3) is 0.385. The summed E-state index contributed by atoms with van der Waals surface area (Å²) in [6.07, 6.45) is 7.22. The molecular formula is C26H31NO2. The Kier molecular flexibility index (Phi) is 6.36. The normalized spacial score (nSPS) is 13.6. The molecule has 152 valence electrons. The molecule has 0 atom stereocenters. The van der Waals surface area contributed by atoms with Crippen molar-refractivity contribution in [1.29, 1.82) is 0 Å². The molecule has 0 unspecified atom stereocenters. The van der Waals surface area contributed by atoms with Crippen LogP contribution < -0.4 is 4.90 Å². The van der Waals surface area contributed by atoms with Crippen molar-refractivity contribution in [1.82, 2.24) is 0 Å². The van der Waals surface area contributed by atoms with E-state index in [1.807, 2.05) is 0 Å². The number of carbonyl (C=O) groups is 2. The van der Waals surface area contributed by atoms with Gasteiger partial charge < -0.3 is 0 Å². The maximum Gasteiger partial charge on any atom is 0.258 e. The third kappa shape index (κ3) is 4.05. The lowest BCUT2D eigenvalue weighted by Gasteiger charge is -2.23. The van der Waals surface area contributed by atoms with E-state index < -0.39 is 0 Å². The van der Waals surface area contributed by atoms with E-state index in [4.69, 9.17) is 0 Å². The highest BCUT2D eigenvalue weighted by Gasteiger charge is 2.29. The SMILES string of the molecule is CCc1cc(Cc2cc(CC)c(N3C(=O)C=CC3=O)c(CC)c2)cc(CC)c1C. The van der Waals surface area contributed by atoms with Crippen LogP contribution in [0.4, 0.5) is 5.69 Å². The van der Waals surface area contributed by atoms with E-state index >= 15 is 0 Å². The van der Waals surface area contributed by atoms with Crippen molar-refractivity contribution < 1.29 is 9.59 Å². The van der Waals surface area contributed by atoms with Gasteiger partial charge in [-0.1, -0.05) is 52.0 Å². The van der Waals surface area contributed by atoms with Crippen LogP contribution in [0.5, 0.6) is 0 Å². The molecule has 2 aromatic rings. The summed E-state index contributed by atoms with van der Waals surface area (Å²) in [7, 11) is 0. The van der Waals surface area contributed by atoms with Crippen molar-refractivity contribution in [3.8, 4) is 0 Å². The molecule has 0 radical (unpaired) electrons. The summed E-state index contributed by atoms with van der Waals surface area (Å²) in [5.74, 6) is -0.489. The van der Waals surface area contributed by atoms with E-state index in [2.05, 4.69) is 58.9 Å². The highest BCUT2D eigenvalue weighted by molar-refractivity contribution is 6.28. The van der Waals surface area contributed by atoms with Gasteiger partial charge in [-0.25, -0.2) is 4.90 Å². The van der Waals surface area contributed by atoms with Gasteiger partial charge >= 0.3 is 0 Å². The van der Waals surface area contributed by atoms with Crippen LogP contribution >= 0.6 is 0 Å². The second-order valence-electron chi connectivity index (χ2n) is 7.74. The Bertz CT molecular complexity index is 916. The van der Waals surface area contributed by atoms with Gasteiger partial charge in [0.2, 0.25) is 0 Å². The molecule has 29 heavy (non-hydrogen) atoms. The lowest BCUT2D eigenvalue weighted by Crippen LogP contribution is -2.31. The number of amides is 2. The molecule has 1 aliphatic heterocycles. The Hall–Kier alpha value is -2.68. The first-order chi connectivity index (χ1) is 13.9. The zero-order valence-electron chi connectivity index (χ0n) is 18.3. The van der Waals surface area contributed by atoms with Crippen LogP contribution in [-0.2, 0) is 41.7 Å². The van der Waals surface area contributed by atoms with Crippen LogP contribution in [0, 0.1) is 6.92 Å². The highest BCUT2D eigenvalue weighted by atomic mass is 16.2. The van der Waals surface area contributed by atoms with Gasteiger partial charge in [-0.3, -0.25) is 9.59 Å². The molecule has 2 aromatic carbocycles. The van der Waals surface area contributed by atoms with Crippen molar-refractivity contribution in [2.45, 2.75) is 66.7 Å². The molecule has 0 bridgehead atoms. The zero-order chi connectivity index (χ0) is 21.1. The summed E-state index contributed by atoms with van der Waals surface area (Å²) >= 11 is 0. The average molecular weight is 390 g/mol. The molecule has 0 saturated heterocycles. The number of benzene rings is 2. The third-order valence-electron chi connectivity index (χ3n) is 5.97. The number of aryl methyl sites for hydroxylation is 4. The van der Waals surface area contributed by atoms with Crippen LogP contribution in [0.15, 0.2) is 36.4 Å². The Labute approximate surface area is 174 Å². The lowest BCUT2D eigenvalue weighted by atomic mass is 9.91. The van der Waals surface area contributed by atoms with Crippen molar-refractivity contribution in [3.63, 3.8) is 0 Å². The van der Waals surface area contributed by atoms with Crippen LogP contribution in [0.25, 0.3) is 0 Å². The minimum Gasteiger partial charge on any atom is -0.269 e. The number of imide groups is 1. The van der Waals surface area contributed by atoms with Gasteiger partial charge in [0.15, 0.2) is 0 Å². The summed E-state index contributed by atoms with van der Waals surface area (Å²) in [5.41, 5.74) is 9.72. The highest BCUT2D eigenvalue weighted by Crippen LogP contribution is 2.32. The first kappa shape index (κ1) is 21.0. The number of anilines is 1. The van der Waals surface area contributed by atoms with E-state index in [-0.39, 0.29) is 11.8 Å². The molecular weight excluding hydrogens is 358 g/mol. The minimum atomic E-state index is -0.245. The van der Waals surface area contributed by atoms with Gasteiger partial charge in [0.05, 0.1) is 5.69 Å². The average Bonchev–Trinajstić information content (AvgIpc) is 3.06. The van der Waals surface area contributed by atoms with E-state index in [1.54, 1.807) is 0 Å². The van der Waals surface area contributed by atoms with Crippen LogP contribution in [0.1, 0.15) is 66.6 Å². The predicted molar refractivity (Wildman–Crippen MR) is 120 cm³/mol. The molecule has 1 heterocycles. The summed E-state index contributed by atoms with van der Waals surface area (Å²) in [5, 5.41) is 0. The van der Waals surface area contributed by atoms with E-state index in [9.17, 15) is 9.59 Å². The molecule has 2 amide bonds. The summed E-state index contributed by atoms with van der Waals surface area (Å²) in [6, 6.07) is 9.00. The minimum absolute atomic E-state index is 0.245. The van der Waals surface area contributed by atoms with Crippen molar-refractivity contribution in [2.24, 2.45) is 0 Å². The standard InChI is InChI=1S/C26H31NO2/c1-6-20-13-18(14-21(7-2)17(20)5)12-19-15-22(8-3)26(23(9-4)16-19)27-24(28)10-11-25(27)29/h10-11,13-16H,6-9,12H2,1-5H3. The molecule has 3 rings (SSSR count). The van der Waals surface area contributed by atoms with Gasteiger partial charge in [0, 0.05) is 12.2 Å². The van der Waals surface area contributed by atoms with E-state index in [0.29, 0.717) is 0 Å². The van der Waals surface area contributed by atoms with E-state index in [1.165, 1.54) is 44.9 Å². The van der Waals surface area contributed by atoms with Crippen LogP contribution in [-0.4, -0.2) is 11.8 Å². The Morgan fingerprint density at radius 2 is 1.03 bits per heavy atom. The molecule has 0 aromatic heterocycles. The van der Waals surface area contributed by atoms with Gasteiger partial charge in [0.1, 0.15) is 0 Å². The Morgan fingerprint density at radius 3 is 1.41 bits per heavy atom. The molecule has 0 aliphatic carbocycles. The fourth-order valence-corrected chi connectivity index (χ4v) is 4.37. The zero-order valence-corrected chi connectivity index (χ0v) is 18.3. The number of hydrogen-bond acceptors (Lipinski definition) is 2. The Balaban J connectivity index is 2.04. The molecule has 0 spiro atoms. The first-order valence-corrected chi connectivity index (χ1v) is 10.7. The Morgan fingerprint density at radius 1 is 0.655 bits per heavy atom. The molecule has 1 aliphatic rings. The second-order valence-corrected chi connectivity index (χ2v) is 7.74. The summed E-state index contributed by atoms with van der Waals surface area (Å²) in [6.45, 7) is 10.8. The smallest absolute Gasteiger partial charge is 0.258 e. The summed E-state index contributed by atoms with van der Waals surface area (Å²) in [4.78, 5) is 25.9. The predicted octanol–water partition coefficient (Wildman–Crippen LogP) is 5.26. The van der Waals surface area contributed by atoms with Gasteiger partial charge in [-0.15, -0.1) is 0 Å². The number of nitrogens with zero attached hydrogens (tertiary/aromatic N) is 1. The van der Waals surface area contributed by atoms with Gasteiger partial charge in [0.25, 0.3) is 11.8 Å². The topological polar surface area (TPSA) is 37.4 Å². The molecule has 0 N–H and O–H groups in total. The third-order valence-corrected chi connectivity index (χ3v) is 5.97. The number of rotatable bonds is 7. The van der Waals surface area contributed by atoms with Crippen molar-refractivity contribution >= 4 is 17.5 Å². The lowest BCUT2D eigenvalue weighted by molar-refractivity contribution is -0.120. The van der Waals surface area contributed by atoms with Gasteiger partial charge in [-0.2, -0.15) is 0 Å². The first-order valence-electron chi connectivity index (χ1n) is 10.7. The van der Waals surface area contributed by atoms with E-state index in [0.717, 1.165) is 48.9 Å². The monoisotopic (exact) mass is 389 g/mol. The quantitative estimate of drug-likeness (QED) is 0.605. The fourth-order valence-electron chi connectivity index (χ4n) is 4.37. The number of carbonyl (C=O) groups excluding carboxylic acids is 2. The number of hydrogen-bond donors (Lipinski definition) is 0. The maximum atomic E-state index is 12.3. The summed E-state index contributed by atoms with van der Waals surface area (Å²) < 4.78 is 0. The van der Waals surface area contributed by atoms with Crippen molar-refractivity contribution in [2.75, 3.05) is 4.90 Å². The second kappa shape index (κ2) is 8.77. The van der Waals surface area contributed by atoms with Crippen molar-refractivity contribution in [3.05, 3.63) is 75.4 Å². The molecule has 0 saturated carbocycles. The molecule has 3 nitrogen and oxygen atoms in total.